The highest BCUT2D eigenvalue weighted by molar-refractivity contribution is 5.38. The van der Waals surface area contributed by atoms with Crippen LogP contribution in [0.5, 0.6) is 5.75 Å². The maximum absolute atomic E-state index is 9.69. The second-order valence-electron chi connectivity index (χ2n) is 4.72. The Morgan fingerprint density at radius 2 is 2.06 bits per heavy atom. The van der Waals surface area contributed by atoms with Gasteiger partial charge in [0.15, 0.2) is 0 Å². The minimum atomic E-state index is -0.487. The topological polar surface area (TPSA) is 32.7 Å². The Labute approximate surface area is 104 Å². The van der Waals surface area contributed by atoms with E-state index in [1.807, 2.05) is 39.2 Å². The number of aliphatic hydroxyl groups excluding tert-OH is 1. The van der Waals surface area contributed by atoms with Gasteiger partial charge in [0.25, 0.3) is 0 Å². The Morgan fingerprint density at radius 3 is 2.65 bits per heavy atom. The van der Waals surface area contributed by atoms with Gasteiger partial charge in [0.05, 0.1) is 12.7 Å². The van der Waals surface area contributed by atoms with Gasteiger partial charge in [0, 0.05) is 12.1 Å². The van der Waals surface area contributed by atoms with Crippen LogP contribution in [0.15, 0.2) is 18.2 Å². The van der Waals surface area contributed by atoms with Crippen LogP contribution in [0, 0.1) is 6.92 Å². The predicted molar refractivity (Wildman–Crippen MR) is 70.5 cm³/mol. The summed E-state index contributed by atoms with van der Waals surface area (Å²) in [6, 6.07) is 5.92. The molecule has 96 valence electrons. The summed E-state index contributed by atoms with van der Waals surface area (Å²) < 4.78 is 5.72. The Balaban J connectivity index is 2.58. The fraction of sp³-hybridized carbons (Fsp3) is 0.571. The lowest BCUT2D eigenvalue weighted by molar-refractivity contribution is 0.190. The first kappa shape index (κ1) is 14.0. The number of rotatable bonds is 6. The molecule has 0 radical (unpaired) electrons. The molecule has 17 heavy (non-hydrogen) atoms. The second-order valence-corrected chi connectivity index (χ2v) is 4.72. The zero-order valence-corrected chi connectivity index (χ0v) is 11.2. The first-order chi connectivity index (χ1) is 8.00. The van der Waals surface area contributed by atoms with Crippen LogP contribution >= 0.6 is 0 Å². The van der Waals surface area contributed by atoms with E-state index < -0.39 is 6.10 Å². The van der Waals surface area contributed by atoms with E-state index in [0.717, 1.165) is 29.8 Å². The summed E-state index contributed by atoms with van der Waals surface area (Å²) in [5.41, 5.74) is 2.01. The second kappa shape index (κ2) is 6.62. The molecular weight excluding hydrogens is 214 g/mol. The number of benzene rings is 1. The van der Waals surface area contributed by atoms with Crippen LogP contribution in [-0.2, 0) is 0 Å². The molecule has 3 heteroatoms. The van der Waals surface area contributed by atoms with Crippen molar-refractivity contribution in [2.75, 3.05) is 27.2 Å². The van der Waals surface area contributed by atoms with Gasteiger partial charge >= 0.3 is 0 Å². The summed E-state index contributed by atoms with van der Waals surface area (Å²) in [5.74, 6) is 0.796. The monoisotopic (exact) mass is 237 g/mol. The molecule has 1 aromatic rings. The highest BCUT2D eigenvalue weighted by atomic mass is 16.5. The Hall–Kier alpha value is -1.06. The van der Waals surface area contributed by atoms with Crippen LogP contribution in [0.2, 0.25) is 0 Å². The van der Waals surface area contributed by atoms with Crippen molar-refractivity contribution in [3.63, 3.8) is 0 Å². The molecule has 1 aromatic carbocycles. The van der Waals surface area contributed by atoms with Crippen molar-refractivity contribution in [2.24, 2.45) is 0 Å². The summed E-state index contributed by atoms with van der Waals surface area (Å²) in [5, 5.41) is 9.69. The molecule has 0 aromatic heterocycles. The van der Waals surface area contributed by atoms with E-state index in [9.17, 15) is 5.11 Å². The van der Waals surface area contributed by atoms with E-state index in [4.69, 9.17) is 4.74 Å². The van der Waals surface area contributed by atoms with Crippen molar-refractivity contribution >= 4 is 0 Å². The normalized spacial score (nSPS) is 12.8. The summed E-state index contributed by atoms with van der Waals surface area (Å²) in [6.45, 7) is 5.47. The first-order valence-electron chi connectivity index (χ1n) is 6.07. The molecule has 1 atom stereocenters. The lowest BCUT2D eigenvalue weighted by Gasteiger charge is -2.15. The van der Waals surface area contributed by atoms with Crippen LogP contribution in [0.25, 0.3) is 0 Å². The van der Waals surface area contributed by atoms with Crippen LogP contribution in [0.4, 0.5) is 0 Å². The van der Waals surface area contributed by atoms with Gasteiger partial charge in [-0.05, 0) is 46.5 Å². The van der Waals surface area contributed by atoms with E-state index in [0.29, 0.717) is 6.61 Å². The van der Waals surface area contributed by atoms with E-state index in [1.165, 1.54) is 0 Å². The molecule has 0 saturated carbocycles. The summed E-state index contributed by atoms with van der Waals surface area (Å²) >= 11 is 0. The lowest BCUT2D eigenvalue weighted by atomic mass is 10.1. The average molecular weight is 237 g/mol. The number of hydrogen-bond acceptors (Lipinski definition) is 3. The van der Waals surface area contributed by atoms with E-state index in [1.54, 1.807) is 6.92 Å². The predicted octanol–water partition coefficient (Wildman–Crippen LogP) is 2.38. The van der Waals surface area contributed by atoms with Crippen molar-refractivity contribution in [1.82, 2.24) is 4.90 Å². The van der Waals surface area contributed by atoms with Crippen molar-refractivity contribution in [3.8, 4) is 5.75 Å². The van der Waals surface area contributed by atoms with Crippen molar-refractivity contribution in [2.45, 2.75) is 26.4 Å². The quantitative estimate of drug-likeness (QED) is 0.771. The largest absolute Gasteiger partial charge is 0.493 e. The van der Waals surface area contributed by atoms with Crippen molar-refractivity contribution in [3.05, 3.63) is 29.3 Å². The first-order valence-corrected chi connectivity index (χ1v) is 6.07. The zero-order valence-electron chi connectivity index (χ0n) is 11.2. The molecular formula is C14H23NO2. The molecule has 0 saturated heterocycles. The number of aliphatic hydroxyl groups is 1. The molecule has 0 bridgehead atoms. The van der Waals surface area contributed by atoms with Gasteiger partial charge in [0.1, 0.15) is 5.75 Å². The number of nitrogens with zero attached hydrogens (tertiary/aromatic N) is 1. The smallest absolute Gasteiger partial charge is 0.125 e. The Kier molecular flexibility index (Phi) is 5.45. The molecule has 0 fully saturated rings. The van der Waals surface area contributed by atoms with Crippen LogP contribution in [-0.4, -0.2) is 37.3 Å². The molecule has 0 amide bonds. The average Bonchev–Trinajstić information content (AvgIpc) is 2.25. The molecule has 1 unspecified atom stereocenters. The maximum Gasteiger partial charge on any atom is 0.125 e. The van der Waals surface area contributed by atoms with Crippen LogP contribution < -0.4 is 4.74 Å². The lowest BCUT2D eigenvalue weighted by Crippen LogP contribution is -2.15. The Morgan fingerprint density at radius 1 is 1.35 bits per heavy atom. The van der Waals surface area contributed by atoms with Gasteiger partial charge in [-0.15, -0.1) is 0 Å². The van der Waals surface area contributed by atoms with Gasteiger partial charge < -0.3 is 14.7 Å². The molecule has 0 aliphatic heterocycles. The standard InChI is InChI=1S/C14H23NO2/c1-11-6-7-14(13(10-11)12(2)16)17-9-5-8-15(3)4/h6-7,10,12,16H,5,8-9H2,1-4H3. The maximum atomic E-state index is 9.69. The fourth-order valence-electron chi connectivity index (χ4n) is 1.69. The third-order valence-electron chi connectivity index (χ3n) is 2.62. The van der Waals surface area contributed by atoms with Gasteiger partial charge in [-0.1, -0.05) is 11.6 Å². The van der Waals surface area contributed by atoms with E-state index >= 15 is 0 Å². The highest BCUT2D eigenvalue weighted by Crippen LogP contribution is 2.26. The van der Waals surface area contributed by atoms with Gasteiger partial charge in [0.2, 0.25) is 0 Å². The number of aryl methyl sites for hydroxylation is 1. The molecule has 0 spiro atoms. The third-order valence-corrected chi connectivity index (χ3v) is 2.62. The molecule has 1 N–H and O–H groups in total. The summed E-state index contributed by atoms with van der Waals surface area (Å²) in [7, 11) is 4.10. The van der Waals surface area contributed by atoms with Gasteiger partial charge in [-0.2, -0.15) is 0 Å². The van der Waals surface area contributed by atoms with Crippen molar-refractivity contribution in [1.29, 1.82) is 0 Å². The summed E-state index contributed by atoms with van der Waals surface area (Å²) in [4.78, 5) is 2.13. The van der Waals surface area contributed by atoms with Gasteiger partial charge in [-0.25, -0.2) is 0 Å². The molecule has 3 nitrogen and oxygen atoms in total. The SMILES string of the molecule is Cc1ccc(OCCCN(C)C)c(C(C)O)c1. The molecule has 0 aliphatic rings. The summed E-state index contributed by atoms with van der Waals surface area (Å²) in [6.07, 6.45) is 0.499. The minimum absolute atomic E-state index is 0.487. The molecule has 0 aliphatic carbocycles. The Bertz CT molecular complexity index is 348. The third kappa shape index (κ3) is 4.75. The van der Waals surface area contributed by atoms with Crippen LogP contribution in [0.1, 0.15) is 30.6 Å². The number of ether oxygens (including phenoxy) is 1. The zero-order chi connectivity index (χ0) is 12.8. The van der Waals surface area contributed by atoms with E-state index in [-0.39, 0.29) is 0 Å². The molecule has 1 rings (SSSR count). The minimum Gasteiger partial charge on any atom is -0.493 e. The molecule has 0 heterocycles. The highest BCUT2D eigenvalue weighted by Gasteiger charge is 2.09. The number of hydrogen-bond donors (Lipinski definition) is 1. The van der Waals surface area contributed by atoms with Crippen molar-refractivity contribution < 1.29 is 9.84 Å². The van der Waals surface area contributed by atoms with Crippen LogP contribution in [0.3, 0.4) is 0 Å². The van der Waals surface area contributed by atoms with E-state index in [2.05, 4.69) is 4.90 Å². The fourth-order valence-corrected chi connectivity index (χ4v) is 1.69. The van der Waals surface area contributed by atoms with Gasteiger partial charge in [-0.3, -0.25) is 0 Å².